The first-order valence-electron chi connectivity index (χ1n) is 7.51. The van der Waals surface area contributed by atoms with E-state index in [4.69, 9.17) is 12.5 Å². The number of hydrogen-bond donors (Lipinski definition) is 3. The smallest absolute Gasteiger partial charge is 0.145 e. The van der Waals surface area contributed by atoms with E-state index in [0.717, 1.165) is 22.3 Å². The predicted molar refractivity (Wildman–Crippen MR) is 112 cm³/mol. The summed E-state index contributed by atoms with van der Waals surface area (Å²) in [4.78, 5) is 0. The highest BCUT2D eigenvalue weighted by Gasteiger charge is 2.18. The molecule has 2 aromatic rings. The first-order valence-corrected chi connectivity index (χ1v) is 8.60. The zero-order valence-corrected chi connectivity index (χ0v) is 16.8. The molecule has 0 amide bonds. The Morgan fingerprint density at radius 2 is 1.50 bits per heavy atom. The van der Waals surface area contributed by atoms with Crippen molar-refractivity contribution in [2.24, 2.45) is 0 Å². The van der Waals surface area contributed by atoms with E-state index in [2.05, 4.69) is 38.7 Å². The average molecular weight is 383 g/mol. The highest BCUT2D eigenvalue weighted by molar-refractivity contribution is 7.75. The van der Waals surface area contributed by atoms with Gasteiger partial charge in [0, 0.05) is 49.9 Å². The standard InChI is InChI=1S/C16H16O3S3.C2H6/c1-3-4-12-10(2)5-7-15(19-22)16(12)13-9-11(17-20)6-8-14(13)18-21;1-2/h3-9,20-22H,1-2H3;1-2H3/b4-3-;. The molecule has 130 valence electrons. The lowest BCUT2D eigenvalue weighted by Crippen LogP contribution is -1.94. The van der Waals surface area contributed by atoms with Crippen molar-refractivity contribution in [3.63, 3.8) is 0 Å². The maximum Gasteiger partial charge on any atom is 0.145 e. The van der Waals surface area contributed by atoms with Crippen molar-refractivity contribution < 1.29 is 12.5 Å². The van der Waals surface area contributed by atoms with Crippen molar-refractivity contribution in [2.45, 2.75) is 27.7 Å². The fourth-order valence-electron chi connectivity index (χ4n) is 2.28. The Bertz CT molecular complexity index is 700. The van der Waals surface area contributed by atoms with Crippen molar-refractivity contribution in [1.29, 1.82) is 0 Å². The predicted octanol–water partition coefficient (Wildman–Crippen LogP) is 6.39. The summed E-state index contributed by atoms with van der Waals surface area (Å²) in [7, 11) is 0. The quantitative estimate of drug-likeness (QED) is 0.413. The largest absolute Gasteiger partial charge is 0.429 e. The number of rotatable bonds is 5. The molecule has 0 aliphatic rings. The van der Waals surface area contributed by atoms with Gasteiger partial charge in [0.2, 0.25) is 0 Å². The van der Waals surface area contributed by atoms with Crippen LogP contribution >= 0.6 is 38.7 Å². The van der Waals surface area contributed by atoms with Gasteiger partial charge < -0.3 is 12.5 Å². The maximum atomic E-state index is 5.23. The molecule has 0 bridgehead atoms. The summed E-state index contributed by atoms with van der Waals surface area (Å²) in [6.07, 6.45) is 3.98. The van der Waals surface area contributed by atoms with Crippen LogP contribution in [-0.4, -0.2) is 0 Å². The monoisotopic (exact) mass is 382 g/mol. The third-order valence-electron chi connectivity index (χ3n) is 3.28. The number of thiol groups is 3. The normalized spacial score (nSPS) is 10.1. The highest BCUT2D eigenvalue weighted by Crippen LogP contribution is 2.43. The van der Waals surface area contributed by atoms with Gasteiger partial charge in [-0.2, -0.15) is 0 Å². The van der Waals surface area contributed by atoms with Gasteiger partial charge in [-0.1, -0.05) is 32.1 Å². The molecule has 0 N–H and O–H groups in total. The van der Waals surface area contributed by atoms with E-state index in [0.29, 0.717) is 17.2 Å². The molecule has 6 heteroatoms. The molecule has 0 atom stereocenters. The fraction of sp³-hybridized carbons (Fsp3) is 0.222. The summed E-state index contributed by atoms with van der Waals surface area (Å²) in [5.41, 5.74) is 3.74. The molecule has 2 aromatic carbocycles. The van der Waals surface area contributed by atoms with Gasteiger partial charge in [0.15, 0.2) is 0 Å². The van der Waals surface area contributed by atoms with Crippen LogP contribution in [0.25, 0.3) is 17.2 Å². The van der Waals surface area contributed by atoms with Gasteiger partial charge in [-0.3, -0.25) is 0 Å². The second-order valence-corrected chi connectivity index (χ2v) is 5.15. The van der Waals surface area contributed by atoms with Crippen LogP contribution in [0, 0.1) is 6.92 Å². The van der Waals surface area contributed by atoms with Crippen LogP contribution in [0.2, 0.25) is 0 Å². The van der Waals surface area contributed by atoms with Crippen LogP contribution < -0.4 is 12.5 Å². The van der Waals surface area contributed by atoms with Gasteiger partial charge in [-0.25, -0.2) is 0 Å². The molecule has 0 heterocycles. The first-order chi connectivity index (χ1) is 11.7. The summed E-state index contributed by atoms with van der Waals surface area (Å²) in [6.45, 7) is 7.99. The second-order valence-electron chi connectivity index (χ2n) is 4.60. The molecule has 0 aliphatic heterocycles. The van der Waals surface area contributed by atoms with E-state index in [9.17, 15) is 0 Å². The molecule has 0 spiro atoms. The molecule has 0 aliphatic carbocycles. The van der Waals surface area contributed by atoms with E-state index in [-0.39, 0.29) is 0 Å². The van der Waals surface area contributed by atoms with Crippen LogP contribution in [0.1, 0.15) is 31.9 Å². The Morgan fingerprint density at radius 1 is 0.875 bits per heavy atom. The highest BCUT2D eigenvalue weighted by atomic mass is 32.1. The minimum absolute atomic E-state index is 0.584. The van der Waals surface area contributed by atoms with E-state index in [1.807, 2.05) is 58.0 Å². The zero-order valence-electron chi connectivity index (χ0n) is 14.1. The summed E-state index contributed by atoms with van der Waals surface area (Å²) >= 11 is 11.7. The molecule has 24 heavy (non-hydrogen) atoms. The lowest BCUT2D eigenvalue weighted by Gasteiger charge is -2.16. The molecule has 3 nitrogen and oxygen atoms in total. The Labute approximate surface area is 160 Å². The molecule has 0 unspecified atom stereocenters. The van der Waals surface area contributed by atoms with Gasteiger partial charge in [0.1, 0.15) is 17.2 Å². The molecular weight excluding hydrogens is 360 g/mol. The van der Waals surface area contributed by atoms with Gasteiger partial charge >= 0.3 is 0 Å². The number of hydrogen-bond acceptors (Lipinski definition) is 6. The fourth-order valence-corrected chi connectivity index (χ4v) is 2.70. The van der Waals surface area contributed by atoms with Gasteiger partial charge in [0.05, 0.1) is 0 Å². The van der Waals surface area contributed by atoms with E-state index >= 15 is 0 Å². The van der Waals surface area contributed by atoms with Gasteiger partial charge in [-0.15, -0.1) is 0 Å². The summed E-state index contributed by atoms with van der Waals surface area (Å²) < 4.78 is 15.4. The summed E-state index contributed by atoms with van der Waals surface area (Å²) in [5, 5.41) is 0. The molecule has 0 fully saturated rings. The molecule has 0 saturated carbocycles. The third kappa shape index (κ3) is 4.59. The van der Waals surface area contributed by atoms with Crippen molar-refractivity contribution in [3.05, 3.63) is 47.5 Å². The molecule has 2 rings (SSSR count). The Balaban J connectivity index is 0.00000139. The zero-order chi connectivity index (χ0) is 18.1. The minimum Gasteiger partial charge on any atom is -0.429 e. The van der Waals surface area contributed by atoms with Crippen LogP contribution in [0.4, 0.5) is 0 Å². The maximum absolute atomic E-state index is 5.23. The van der Waals surface area contributed by atoms with Crippen molar-refractivity contribution in [3.8, 4) is 28.4 Å². The molecule has 0 aromatic heterocycles. The number of benzene rings is 2. The molecular formula is C18H22O3S3. The van der Waals surface area contributed by atoms with Crippen LogP contribution in [0.15, 0.2) is 36.4 Å². The average Bonchev–Trinajstić information content (AvgIpc) is 2.64. The topological polar surface area (TPSA) is 27.7 Å². The number of aryl methyl sites for hydroxylation is 1. The van der Waals surface area contributed by atoms with Gasteiger partial charge in [-0.05, 0) is 49.2 Å². The van der Waals surface area contributed by atoms with Crippen molar-refractivity contribution in [1.82, 2.24) is 0 Å². The van der Waals surface area contributed by atoms with E-state index < -0.39 is 0 Å². The van der Waals surface area contributed by atoms with Crippen LogP contribution in [-0.2, 0) is 0 Å². The third-order valence-corrected chi connectivity index (χ3v) is 3.89. The van der Waals surface area contributed by atoms with Crippen molar-refractivity contribution in [2.75, 3.05) is 0 Å². The van der Waals surface area contributed by atoms with E-state index in [1.165, 1.54) is 0 Å². The summed E-state index contributed by atoms with van der Waals surface area (Å²) in [5.74, 6) is 1.79. The van der Waals surface area contributed by atoms with Crippen LogP contribution in [0.3, 0.4) is 0 Å². The Morgan fingerprint density at radius 3 is 2.04 bits per heavy atom. The van der Waals surface area contributed by atoms with Crippen LogP contribution in [0.5, 0.6) is 17.2 Å². The van der Waals surface area contributed by atoms with Crippen molar-refractivity contribution >= 4 is 44.8 Å². The lowest BCUT2D eigenvalue weighted by atomic mass is 9.94. The van der Waals surface area contributed by atoms with E-state index in [1.54, 1.807) is 12.1 Å². The Hall–Kier alpha value is -1.37. The lowest BCUT2D eigenvalue weighted by molar-refractivity contribution is 0.638. The molecule has 0 radical (unpaired) electrons. The Kier molecular flexibility index (Phi) is 9.03. The first kappa shape index (κ1) is 20.7. The molecule has 0 saturated heterocycles. The van der Waals surface area contributed by atoms with Gasteiger partial charge in [0.25, 0.3) is 0 Å². The minimum atomic E-state index is 0.584. The number of allylic oxidation sites excluding steroid dienone is 1. The SMILES string of the molecule is C/C=C\c1c(C)ccc(OS)c1-c1cc(OS)ccc1OS.CC. The summed E-state index contributed by atoms with van der Waals surface area (Å²) in [6, 6.07) is 9.16. The second kappa shape index (κ2) is 10.5.